The fourth-order valence-corrected chi connectivity index (χ4v) is 5.91. The van der Waals surface area contributed by atoms with Gasteiger partial charge in [0.2, 0.25) is 5.91 Å². The number of imidazole rings is 2. The smallest absolute Gasteiger partial charge is 0.407 e. The Morgan fingerprint density at radius 2 is 1.85 bits per heavy atom. The minimum Gasteiger partial charge on any atom is -0.453 e. The van der Waals surface area contributed by atoms with Crippen molar-refractivity contribution in [2.45, 2.75) is 51.6 Å². The molecule has 9 heteroatoms. The van der Waals surface area contributed by atoms with E-state index in [0.717, 1.165) is 59.7 Å². The van der Waals surface area contributed by atoms with Crippen molar-refractivity contribution < 1.29 is 14.3 Å². The van der Waals surface area contributed by atoms with Gasteiger partial charge in [-0.2, -0.15) is 0 Å². The van der Waals surface area contributed by atoms with Crippen LogP contribution >= 0.6 is 0 Å². The van der Waals surface area contributed by atoms with Crippen LogP contribution in [0.2, 0.25) is 0 Å². The van der Waals surface area contributed by atoms with E-state index in [1.807, 2.05) is 24.9 Å². The topological polar surface area (TPSA) is 116 Å². The molecule has 0 bridgehead atoms. The van der Waals surface area contributed by atoms with Gasteiger partial charge in [-0.3, -0.25) is 4.79 Å². The quantitative estimate of drug-likeness (QED) is 0.309. The number of rotatable bonds is 6. The summed E-state index contributed by atoms with van der Waals surface area (Å²) in [5.41, 5.74) is 8.97. The number of benzene rings is 2. The zero-order valence-corrected chi connectivity index (χ0v) is 23.0. The second-order valence-electron chi connectivity index (χ2n) is 10.9. The molecule has 0 spiro atoms. The van der Waals surface area contributed by atoms with Crippen LogP contribution in [-0.4, -0.2) is 56.5 Å². The Hall–Kier alpha value is -4.40. The Kier molecular flexibility index (Phi) is 6.88. The number of nitrogens with zero attached hydrogens (tertiary/aromatic N) is 3. The number of ether oxygens (including phenoxy) is 1. The first-order valence-electron chi connectivity index (χ1n) is 13.9. The predicted octanol–water partition coefficient (Wildman–Crippen LogP) is 5.28. The van der Waals surface area contributed by atoms with E-state index in [4.69, 9.17) is 9.72 Å². The number of hydrogen-bond donors (Lipinski definition) is 3. The van der Waals surface area contributed by atoms with Gasteiger partial charge in [0.1, 0.15) is 11.9 Å². The highest BCUT2D eigenvalue weighted by atomic mass is 16.5. The van der Waals surface area contributed by atoms with Crippen LogP contribution in [0.15, 0.2) is 55.0 Å². The van der Waals surface area contributed by atoms with E-state index in [1.54, 1.807) is 6.33 Å². The lowest BCUT2D eigenvalue weighted by atomic mass is 9.89. The molecule has 3 N–H and O–H groups in total. The number of methoxy groups -OCH3 is 1. The molecule has 1 aliphatic carbocycles. The molecule has 0 saturated carbocycles. The molecule has 206 valence electrons. The molecular formula is C31H34N6O3. The fraction of sp³-hybridized carbons (Fsp3) is 0.355. The molecule has 9 nitrogen and oxygen atoms in total. The molecular weight excluding hydrogens is 504 g/mol. The Balaban J connectivity index is 1.24. The van der Waals surface area contributed by atoms with E-state index >= 15 is 0 Å². The molecule has 40 heavy (non-hydrogen) atoms. The van der Waals surface area contributed by atoms with Gasteiger partial charge in [-0.1, -0.05) is 56.3 Å². The van der Waals surface area contributed by atoms with Crippen LogP contribution in [0.3, 0.4) is 0 Å². The number of carbonyl (C=O) groups is 2. The van der Waals surface area contributed by atoms with Crippen LogP contribution in [0.5, 0.6) is 0 Å². The van der Waals surface area contributed by atoms with Crippen molar-refractivity contribution in [2.75, 3.05) is 13.7 Å². The Morgan fingerprint density at radius 3 is 2.58 bits per heavy atom. The lowest BCUT2D eigenvalue weighted by molar-refractivity contribution is -0.135. The van der Waals surface area contributed by atoms with E-state index in [0.29, 0.717) is 6.54 Å². The lowest BCUT2D eigenvalue weighted by Crippen LogP contribution is -2.51. The van der Waals surface area contributed by atoms with Gasteiger partial charge >= 0.3 is 6.09 Å². The van der Waals surface area contributed by atoms with Crippen LogP contribution in [0.25, 0.3) is 33.6 Å². The zero-order chi connectivity index (χ0) is 27.8. The molecule has 2 amide bonds. The zero-order valence-electron chi connectivity index (χ0n) is 23.0. The highest BCUT2D eigenvalue weighted by Crippen LogP contribution is 2.38. The van der Waals surface area contributed by atoms with Gasteiger partial charge in [-0.05, 0) is 53.9 Å². The van der Waals surface area contributed by atoms with Gasteiger partial charge in [-0.25, -0.2) is 14.8 Å². The molecule has 2 aromatic heterocycles. The number of aromatic nitrogens is 4. The van der Waals surface area contributed by atoms with Crippen LogP contribution in [-0.2, 0) is 22.4 Å². The molecule has 3 heterocycles. The number of H-pyrrole nitrogens is 2. The van der Waals surface area contributed by atoms with Gasteiger partial charge < -0.3 is 24.9 Å². The van der Waals surface area contributed by atoms with Gasteiger partial charge in [0, 0.05) is 17.8 Å². The summed E-state index contributed by atoms with van der Waals surface area (Å²) < 4.78 is 4.76. The number of fused-ring (bicyclic) bond motifs is 3. The number of amides is 2. The SMILES string of the molecule is COC(=O)NC(C(=O)N1CCCC1c1nc2c([nH]1)CCc1cc(-c3ccc(-c4cnc[nH]4)cc3)ccc1-2)C(C)C. The monoisotopic (exact) mass is 538 g/mol. The highest BCUT2D eigenvalue weighted by Gasteiger charge is 2.38. The van der Waals surface area contributed by atoms with E-state index in [9.17, 15) is 9.59 Å². The average Bonchev–Trinajstić information content (AvgIpc) is 3.75. The summed E-state index contributed by atoms with van der Waals surface area (Å²) in [7, 11) is 1.31. The molecule has 4 aromatic rings. The van der Waals surface area contributed by atoms with Crippen molar-refractivity contribution in [1.82, 2.24) is 30.2 Å². The van der Waals surface area contributed by atoms with Crippen LogP contribution in [0, 0.1) is 5.92 Å². The summed E-state index contributed by atoms with van der Waals surface area (Å²) in [5, 5.41) is 2.72. The molecule has 6 rings (SSSR count). The number of carbonyl (C=O) groups excluding carboxylic acids is 2. The van der Waals surface area contributed by atoms with Crippen molar-refractivity contribution in [1.29, 1.82) is 0 Å². The van der Waals surface area contributed by atoms with Gasteiger partial charge in [0.25, 0.3) is 0 Å². The summed E-state index contributed by atoms with van der Waals surface area (Å²) in [5.74, 6) is 0.657. The fourth-order valence-electron chi connectivity index (χ4n) is 5.91. The number of alkyl carbamates (subject to hydrolysis) is 1. The molecule has 0 radical (unpaired) electrons. The number of nitrogens with one attached hydrogen (secondary N) is 3. The van der Waals surface area contributed by atoms with E-state index in [2.05, 4.69) is 62.7 Å². The highest BCUT2D eigenvalue weighted by molar-refractivity contribution is 5.86. The second kappa shape index (κ2) is 10.6. The van der Waals surface area contributed by atoms with Crippen LogP contribution in [0.1, 0.15) is 49.8 Å². The maximum atomic E-state index is 13.5. The van der Waals surface area contributed by atoms with Crippen molar-refractivity contribution in [3.8, 4) is 33.6 Å². The third kappa shape index (κ3) is 4.76. The molecule has 2 atom stereocenters. The Labute approximate surface area is 233 Å². The maximum Gasteiger partial charge on any atom is 0.407 e. The van der Waals surface area contributed by atoms with Gasteiger partial charge in [-0.15, -0.1) is 0 Å². The summed E-state index contributed by atoms with van der Waals surface area (Å²) in [6.07, 6.45) is 6.44. The van der Waals surface area contributed by atoms with Crippen molar-refractivity contribution >= 4 is 12.0 Å². The molecule has 1 saturated heterocycles. The van der Waals surface area contributed by atoms with Crippen molar-refractivity contribution in [2.24, 2.45) is 5.92 Å². The normalized spacial score (nSPS) is 16.9. The molecule has 1 aliphatic heterocycles. The Bertz CT molecular complexity index is 1520. The largest absolute Gasteiger partial charge is 0.453 e. The first-order chi connectivity index (χ1) is 19.4. The van der Waals surface area contributed by atoms with Crippen molar-refractivity contribution in [3.05, 3.63) is 72.1 Å². The molecule has 2 unspecified atom stereocenters. The maximum absolute atomic E-state index is 13.5. The van der Waals surface area contributed by atoms with Gasteiger partial charge in [0.15, 0.2) is 0 Å². The summed E-state index contributed by atoms with van der Waals surface area (Å²) in [4.78, 5) is 43.2. The van der Waals surface area contributed by atoms with Crippen molar-refractivity contribution in [3.63, 3.8) is 0 Å². The molecule has 1 fully saturated rings. The number of aromatic amines is 2. The standard InChI is InChI=1S/C31H34N6O3/c1-18(2)27(36-31(39)40-3)30(38)37-14-4-5-26(37)29-34-24-13-11-22-15-21(10-12-23(22)28(24)35-29)19-6-8-20(9-7-19)25-16-32-17-33-25/h6-10,12,15-18,26-27H,4-5,11,13-14H2,1-3H3,(H,32,33)(H,34,35)(H,36,39). The predicted molar refractivity (Wildman–Crippen MR) is 152 cm³/mol. The molecule has 2 aliphatic rings. The summed E-state index contributed by atoms with van der Waals surface area (Å²) >= 11 is 0. The average molecular weight is 539 g/mol. The second-order valence-corrected chi connectivity index (χ2v) is 10.9. The lowest BCUT2D eigenvalue weighted by Gasteiger charge is -2.30. The summed E-state index contributed by atoms with van der Waals surface area (Å²) in [6, 6.07) is 14.3. The van der Waals surface area contributed by atoms with Crippen LogP contribution < -0.4 is 5.32 Å². The summed E-state index contributed by atoms with van der Waals surface area (Å²) in [6.45, 7) is 4.49. The Morgan fingerprint density at radius 1 is 1.07 bits per heavy atom. The van der Waals surface area contributed by atoms with Gasteiger partial charge in [0.05, 0.1) is 37.1 Å². The number of aryl methyl sites for hydroxylation is 2. The van der Waals surface area contributed by atoms with Crippen LogP contribution in [0.4, 0.5) is 4.79 Å². The minimum atomic E-state index is -0.648. The first kappa shape index (κ1) is 25.9. The third-order valence-corrected chi connectivity index (χ3v) is 8.07. The first-order valence-corrected chi connectivity index (χ1v) is 13.9. The molecule has 2 aromatic carbocycles. The minimum absolute atomic E-state index is 0.0691. The van der Waals surface area contributed by atoms with E-state index in [1.165, 1.54) is 23.8 Å². The third-order valence-electron chi connectivity index (χ3n) is 8.07. The number of hydrogen-bond acceptors (Lipinski definition) is 5. The van der Waals surface area contributed by atoms with E-state index < -0.39 is 12.1 Å². The van der Waals surface area contributed by atoms with E-state index in [-0.39, 0.29) is 17.9 Å². The number of likely N-dealkylation sites (tertiary alicyclic amines) is 1.